The molecule has 0 fully saturated rings. The van der Waals surface area contributed by atoms with Crippen LogP contribution in [-0.2, 0) is 0 Å². The van der Waals surface area contributed by atoms with Crippen LogP contribution >= 0.6 is 0 Å². The van der Waals surface area contributed by atoms with Gasteiger partial charge in [0, 0.05) is 49.4 Å². The molecule has 24 rings (SSSR count). The fraction of sp³-hybridized carbons (Fsp3) is 0.0294. The molecule has 0 amide bonds. The number of hydrogen-bond acceptors (Lipinski definition) is 4. The number of benzene rings is 21. The molecule has 0 radical (unpaired) electrons. The minimum absolute atomic E-state index is 0. The molecule has 0 unspecified atom stereocenters. The molecule has 21 aromatic carbocycles. The minimum Gasteiger partial charge on any atom is -0.309 e. The molecule has 12 heteroatoms. The van der Waals surface area contributed by atoms with Crippen LogP contribution in [0.25, 0.3) is 126 Å². The van der Waals surface area contributed by atoms with Crippen molar-refractivity contribution in [3.63, 3.8) is 0 Å². The lowest BCUT2D eigenvalue weighted by Gasteiger charge is -2.36. The lowest BCUT2D eigenvalue weighted by Crippen LogP contribution is -2.75. The first-order valence-electron chi connectivity index (χ1n) is 47.9. The average Bonchev–Trinajstić information content (AvgIpc) is 1.71. The summed E-state index contributed by atoms with van der Waals surface area (Å²) in [6.45, 7) is 16.8. The van der Waals surface area contributed by atoms with Crippen molar-refractivity contribution in [2.75, 3.05) is 0 Å². The number of fused-ring (bicyclic) bond motifs is 9. The smallest absolute Gasteiger partial charge is 0.188 e. The standard InChI is InChI=1S/3C44H29N3Si.4CH4/c1-46-41-30-34(33-14-13-15-35(29-33)47-42-23-12-11-22-39(42)40-28-32(31-45)24-26-43(40)47)25-27-44(41)48(36-16-5-2-6-17-36,37-18-7-3-8-19-37)38-20-9-4-10-21-38;1-46-41-27-24-34(30-44(41)48(36-13-5-2-6-14-36,37-15-7-3-8-16-37)38-17-9-4-10-18-38)33-22-25-35(26-23-33)47-42-20-12-11-19-39(42)40-29-32(31-45)21-28-43(40)47;45-30-32-23-28-43-41(29-32)40-20-10-11-22-42(40)47(43)35-26-24-33(25-27-35)39-21-12-13-34(31-46)44(39)48(36-14-4-1-5-15-36,37-16-6-2-7-17-37)38-18-8-3-9-19-38;;;;/h2*2-30H;1-29H;4*1H4. The number of aromatic nitrogens is 3. The second kappa shape index (κ2) is 43.2. The Balaban J connectivity index is 0.000000143. The van der Waals surface area contributed by atoms with Gasteiger partial charge in [0.1, 0.15) is 0 Å². The molecule has 0 aliphatic carbocycles. The third-order valence-corrected chi connectivity index (χ3v) is 42.7. The molecule has 24 aromatic rings. The van der Waals surface area contributed by atoms with Gasteiger partial charge >= 0.3 is 0 Å². The van der Waals surface area contributed by atoms with Gasteiger partial charge in [-0.3, -0.25) is 0 Å². The predicted octanol–water partition coefficient (Wildman–Crippen LogP) is 26.6. The third-order valence-electron chi connectivity index (χ3n) is 28.2. The van der Waals surface area contributed by atoms with E-state index < -0.39 is 24.2 Å². The Morgan fingerprint density at radius 2 is 0.486 bits per heavy atom. The molecular formula is C136H103N9Si3. The van der Waals surface area contributed by atoms with Gasteiger partial charge in [-0.2, -0.15) is 21.0 Å². The molecule has 0 aliphatic rings. The molecule has 0 aliphatic heterocycles. The number of nitrogens with zero attached hydrogens (tertiary/aromatic N) is 9. The van der Waals surface area contributed by atoms with Gasteiger partial charge < -0.3 is 13.7 Å². The van der Waals surface area contributed by atoms with Gasteiger partial charge in [0.15, 0.2) is 35.6 Å². The molecule has 0 saturated heterocycles. The molecule has 704 valence electrons. The largest absolute Gasteiger partial charge is 0.309 e. The highest BCUT2D eigenvalue weighted by Gasteiger charge is 2.47. The van der Waals surface area contributed by atoms with E-state index in [-0.39, 0.29) is 29.7 Å². The highest BCUT2D eigenvalue weighted by atomic mass is 28.3. The van der Waals surface area contributed by atoms with Crippen LogP contribution in [0.1, 0.15) is 52.0 Å². The summed E-state index contributed by atoms with van der Waals surface area (Å²) >= 11 is 0. The van der Waals surface area contributed by atoms with Crippen LogP contribution in [0.15, 0.2) is 528 Å². The molecule has 0 bridgehead atoms. The van der Waals surface area contributed by atoms with Crippen molar-refractivity contribution in [2.24, 2.45) is 0 Å². The summed E-state index contributed by atoms with van der Waals surface area (Å²) in [6, 6.07) is 194. The van der Waals surface area contributed by atoms with Crippen LogP contribution in [0.2, 0.25) is 0 Å². The highest BCUT2D eigenvalue weighted by molar-refractivity contribution is 7.22. The summed E-state index contributed by atoms with van der Waals surface area (Å²) in [6.07, 6.45) is 0. The molecule has 3 heterocycles. The Morgan fingerprint density at radius 3 is 0.838 bits per heavy atom. The zero-order valence-corrected chi connectivity index (χ0v) is 81.3. The lowest BCUT2D eigenvalue weighted by molar-refractivity contribution is 1.18. The maximum absolute atomic E-state index is 10.8. The molecule has 0 N–H and O–H groups in total. The van der Waals surface area contributed by atoms with Gasteiger partial charge in [-0.15, -0.1) is 0 Å². The Morgan fingerprint density at radius 1 is 0.196 bits per heavy atom. The molecular weight excluding hydrogens is 1840 g/mol. The maximum atomic E-state index is 10.8. The lowest BCUT2D eigenvalue weighted by atomic mass is 10.0. The minimum atomic E-state index is -3.00. The van der Waals surface area contributed by atoms with Crippen molar-refractivity contribution in [1.29, 1.82) is 21.0 Å². The van der Waals surface area contributed by atoms with Gasteiger partial charge in [0.05, 0.1) is 92.8 Å². The third kappa shape index (κ3) is 17.4. The Hall–Kier alpha value is -19.4. The fourth-order valence-corrected chi connectivity index (χ4v) is 36.8. The van der Waals surface area contributed by atoms with E-state index in [1.54, 1.807) is 0 Å². The van der Waals surface area contributed by atoms with Crippen LogP contribution in [-0.4, -0.2) is 37.9 Å². The SMILES string of the molecule is C.C.C.C.N#Cc1ccc2c(c1)c1ccccc1n2-c1ccc(-c2cccc(C#N)c2[Si](c2ccccc2)(c2ccccc2)c2ccccc2)cc1.[C-]#[N+]c1cc(-c2cccc(-n3c4ccccc4c4cc(C#N)ccc43)c2)ccc1[Si](c1ccccc1)(c1ccccc1)c1ccccc1.[C-]#[N+]c1ccc(-c2ccc(-n3c4ccccc4c4cc(C#N)ccc43)cc2)cc1[Si](c1ccccc1)(c1ccccc1)c1ccccc1. The van der Waals surface area contributed by atoms with Crippen LogP contribution in [0.3, 0.4) is 0 Å². The zero-order valence-electron chi connectivity index (χ0n) is 78.3. The molecule has 148 heavy (non-hydrogen) atoms. The summed E-state index contributed by atoms with van der Waals surface area (Å²) in [5.41, 5.74) is 19.8. The Kier molecular flexibility index (Phi) is 28.8. The summed E-state index contributed by atoms with van der Waals surface area (Å²) in [4.78, 5) is 8.35. The van der Waals surface area contributed by atoms with Crippen molar-refractivity contribution in [3.8, 4) is 74.7 Å². The molecule has 0 spiro atoms. The number of para-hydroxylation sites is 3. The van der Waals surface area contributed by atoms with E-state index in [1.807, 2.05) is 91.0 Å². The number of rotatable bonds is 18. The van der Waals surface area contributed by atoms with E-state index in [1.165, 1.54) is 46.7 Å². The van der Waals surface area contributed by atoms with Crippen molar-refractivity contribution in [3.05, 3.63) is 573 Å². The van der Waals surface area contributed by atoms with E-state index in [0.717, 1.165) is 131 Å². The average molecular weight is 1950 g/mol. The predicted molar refractivity (Wildman–Crippen MR) is 628 cm³/mol. The van der Waals surface area contributed by atoms with Crippen molar-refractivity contribution < 1.29 is 0 Å². The molecule has 0 atom stereocenters. The van der Waals surface area contributed by atoms with E-state index in [4.69, 9.17) is 13.1 Å². The van der Waals surface area contributed by atoms with Crippen LogP contribution in [0.5, 0.6) is 0 Å². The number of nitriles is 4. The van der Waals surface area contributed by atoms with Gasteiger partial charge in [-0.25, -0.2) is 9.69 Å². The summed E-state index contributed by atoms with van der Waals surface area (Å²) in [7, 11) is -8.74. The van der Waals surface area contributed by atoms with Gasteiger partial charge in [-0.1, -0.05) is 436 Å². The topological polar surface area (TPSA) is 119 Å². The van der Waals surface area contributed by atoms with E-state index in [9.17, 15) is 21.0 Å². The van der Waals surface area contributed by atoms with E-state index >= 15 is 0 Å². The van der Waals surface area contributed by atoms with E-state index in [2.05, 4.69) is 484 Å². The normalized spacial score (nSPS) is 11.0. The van der Waals surface area contributed by atoms with Crippen LogP contribution in [0.4, 0.5) is 11.4 Å². The summed E-state index contributed by atoms with van der Waals surface area (Å²) < 4.78 is 6.79. The monoisotopic (exact) mass is 1950 g/mol. The first kappa shape index (κ1) is 98.8. The van der Waals surface area contributed by atoms with Gasteiger partial charge in [-0.05, 0) is 217 Å². The van der Waals surface area contributed by atoms with E-state index in [0.29, 0.717) is 33.6 Å². The quantitative estimate of drug-likeness (QED) is 0.0483. The zero-order chi connectivity index (χ0) is 97.5. The van der Waals surface area contributed by atoms with Crippen LogP contribution in [0, 0.1) is 58.5 Å². The maximum Gasteiger partial charge on any atom is 0.188 e. The second-order valence-electron chi connectivity index (χ2n) is 35.8. The molecule has 9 nitrogen and oxygen atoms in total. The first-order chi connectivity index (χ1) is 71.2. The Labute approximate surface area is 868 Å². The molecule has 0 saturated carbocycles. The van der Waals surface area contributed by atoms with Gasteiger partial charge in [0.2, 0.25) is 0 Å². The van der Waals surface area contributed by atoms with Crippen molar-refractivity contribution in [2.45, 2.75) is 29.7 Å². The highest BCUT2D eigenvalue weighted by Crippen LogP contribution is 2.40. The first-order valence-corrected chi connectivity index (χ1v) is 53.9. The van der Waals surface area contributed by atoms with Crippen molar-refractivity contribution in [1.82, 2.24) is 13.7 Å². The summed E-state index contributed by atoms with van der Waals surface area (Å²) in [5, 5.41) is 60.4. The second-order valence-corrected chi connectivity index (χ2v) is 47.1. The van der Waals surface area contributed by atoms with Crippen LogP contribution < -0.4 is 62.2 Å². The van der Waals surface area contributed by atoms with Gasteiger partial charge in [0.25, 0.3) is 0 Å². The fourth-order valence-electron chi connectivity index (χ4n) is 22.0. The summed E-state index contributed by atoms with van der Waals surface area (Å²) in [5.74, 6) is 0. The van der Waals surface area contributed by atoms with Crippen molar-refractivity contribution >= 4 is 163 Å². The Bertz CT molecular complexity index is 8950. The molecule has 3 aromatic heterocycles. The number of hydrogen-bond donors (Lipinski definition) is 0.